The van der Waals surface area contributed by atoms with E-state index in [1.54, 1.807) is 0 Å². The van der Waals surface area contributed by atoms with Gasteiger partial charge in [0.1, 0.15) is 0 Å². The molecule has 2 heteroatoms. The molecule has 0 aromatic carbocycles. The minimum Gasteiger partial charge on any atom is -0.242 e. The van der Waals surface area contributed by atoms with Crippen molar-refractivity contribution in [2.75, 3.05) is 26.2 Å². The summed E-state index contributed by atoms with van der Waals surface area (Å²) >= 11 is 0. The molecule has 0 amide bonds. The highest BCUT2D eigenvalue weighted by Gasteiger charge is 2.18. The zero-order valence-electron chi connectivity index (χ0n) is 7.84. The van der Waals surface area contributed by atoms with Gasteiger partial charge in [0, 0.05) is 26.2 Å². The highest BCUT2D eigenvalue weighted by Crippen LogP contribution is 2.10. The monoisotopic (exact) mass is 156 g/mol. The maximum atomic E-state index is 2.50. The average Bonchev–Trinajstić information content (AvgIpc) is 2.39. The molecule has 0 aromatic rings. The van der Waals surface area contributed by atoms with Crippen LogP contribution in [-0.4, -0.2) is 36.2 Å². The van der Waals surface area contributed by atoms with Gasteiger partial charge in [0.15, 0.2) is 0 Å². The van der Waals surface area contributed by atoms with Gasteiger partial charge in [0.2, 0.25) is 0 Å². The molecule has 1 aliphatic heterocycles. The topological polar surface area (TPSA) is 6.48 Å². The van der Waals surface area contributed by atoms with Crippen molar-refractivity contribution < 1.29 is 0 Å². The van der Waals surface area contributed by atoms with E-state index in [0.717, 1.165) is 0 Å². The van der Waals surface area contributed by atoms with E-state index in [2.05, 4.69) is 23.9 Å². The lowest BCUT2D eigenvalue weighted by Gasteiger charge is -2.26. The molecular weight excluding hydrogens is 136 g/mol. The van der Waals surface area contributed by atoms with Crippen molar-refractivity contribution in [1.82, 2.24) is 10.0 Å². The molecule has 0 bridgehead atoms. The van der Waals surface area contributed by atoms with Crippen LogP contribution in [-0.2, 0) is 0 Å². The number of rotatable bonds is 4. The molecule has 0 unspecified atom stereocenters. The van der Waals surface area contributed by atoms with E-state index in [0.29, 0.717) is 0 Å². The molecule has 66 valence electrons. The molecule has 1 aliphatic rings. The molecule has 0 spiro atoms. The summed E-state index contributed by atoms with van der Waals surface area (Å²) in [5.41, 5.74) is 0. The van der Waals surface area contributed by atoms with Crippen LogP contribution < -0.4 is 0 Å². The Labute approximate surface area is 70.1 Å². The second-order valence-electron chi connectivity index (χ2n) is 3.26. The standard InChI is InChI=1S/C9H20N2/c1-3-6-10-8-5-9-11(10)7-4-2/h3-9H2,1-2H3. The largest absolute Gasteiger partial charge is 0.242 e. The van der Waals surface area contributed by atoms with Crippen molar-refractivity contribution in [2.45, 2.75) is 33.1 Å². The zero-order chi connectivity index (χ0) is 8.10. The maximum Gasteiger partial charge on any atom is 0.0146 e. The Hall–Kier alpha value is -0.0800. The summed E-state index contributed by atoms with van der Waals surface area (Å²) in [7, 11) is 0. The molecule has 1 rings (SSSR count). The summed E-state index contributed by atoms with van der Waals surface area (Å²) in [5, 5.41) is 5.01. The number of hydrazine groups is 1. The summed E-state index contributed by atoms with van der Waals surface area (Å²) in [4.78, 5) is 0. The van der Waals surface area contributed by atoms with Gasteiger partial charge in [-0.25, -0.2) is 10.0 Å². The Bertz CT molecular complexity index is 91.7. The van der Waals surface area contributed by atoms with Gasteiger partial charge in [-0.15, -0.1) is 0 Å². The van der Waals surface area contributed by atoms with Crippen LogP contribution in [0.4, 0.5) is 0 Å². The van der Waals surface area contributed by atoms with Gasteiger partial charge in [-0.1, -0.05) is 13.8 Å². The number of hydrogen-bond acceptors (Lipinski definition) is 2. The minimum absolute atomic E-state index is 1.25. The highest BCUT2D eigenvalue weighted by atomic mass is 15.6. The first-order valence-electron chi connectivity index (χ1n) is 4.88. The summed E-state index contributed by atoms with van der Waals surface area (Å²) in [6, 6.07) is 0. The van der Waals surface area contributed by atoms with Crippen LogP contribution in [0.2, 0.25) is 0 Å². The molecule has 1 saturated heterocycles. The third kappa shape index (κ3) is 2.46. The van der Waals surface area contributed by atoms with E-state index in [4.69, 9.17) is 0 Å². The third-order valence-electron chi connectivity index (χ3n) is 2.20. The Balaban J connectivity index is 2.25. The van der Waals surface area contributed by atoms with Crippen molar-refractivity contribution in [3.8, 4) is 0 Å². The Morgan fingerprint density at radius 2 is 1.36 bits per heavy atom. The van der Waals surface area contributed by atoms with E-state index in [1.807, 2.05) is 0 Å². The Morgan fingerprint density at radius 3 is 1.73 bits per heavy atom. The van der Waals surface area contributed by atoms with E-state index in [-0.39, 0.29) is 0 Å². The summed E-state index contributed by atoms with van der Waals surface area (Å²) in [6.07, 6.45) is 3.92. The minimum atomic E-state index is 1.25. The van der Waals surface area contributed by atoms with E-state index in [1.165, 1.54) is 45.4 Å². The van der Waals surface area contributed by atoms with Crippen molar-refractivity contribution in [2.24, 2.45) is 0 Å². The molecule has 0 saturated carbocycles. The van der Waals surface area contributed by atoms with Crippen LogP contribution in [0.3, 0.4) is 0 Å². The lowest BCUT2D eigenvalue weighted by molar-refractivity contribution is 0.0276. The SMILES string of the molecule is CCCN1CCCN1CCC. The average molecular weight is 156 g/mol. The van der Waals surface area contributed by atoms with Gasteiger partial charge in [0.25, 0.3) is 0 Å². The van der Waals surface area contributed by atoms with Crippen LogP contribution in [0.15, 0.2) is 0 Å². The molecule has 0 atom stereocenters. The van der Waals surface area contributed by atoms with Gasteiger partial charge in [0.05, 0.1) is 0 Å². The van der Waals surface area contributed by atoms with Crippen LogP contribution in [0, 0.1) is 0 Å². The van der Waals surface area contributed by atoms with E-state index in [9.17, 15) is 0 Å². The first kappa shape index (κ1) is 9.01. The summed E-state index contributed by atoms with van der Waals surface area (Å²) in [5.74, 6) is 0. The van der Waals surface area contributed by atoms with Gasteiger partial charge in [-0.05, 0) is 19.3 Å². The summed E-state index contributed by atoms with van der Waals surface area (Å²) in [6.45, 7) is 9.58. The fourth-order valence-electron chi connectivity index (χ4n) is 1.74. The van der Waals surface area contributed by atoms with Crippen LogP contribution in [0.25, 0.3) is 0 Å². The van der Waals surface area contributed by atoms with Crippen molar-refractivity contribution in [3.63, 3.8) is 0 Å². The van der Waals surface area contributed by atoms with Gasteiger partial charge in [-0.3, -0.25) is 0 Å². The van der Waals surface area contributed by atoms with Crippen LogP contribution in [0.5, 0.6) is 0 Å². The van der Waals surface area contributed by atoms with Gasteiger partial charge >= 0.3 is 0 Å². The van der Waals surface area contributed by atoms with Crippen molar-refractivity contribution in [3.05, 3.63) is 0 Å². The molecule has 2 nitrogen and oxygen atoms in total. The maximum absolute atomic E-state index is 2.50. The first-order valence-corrected chi connectivity index (χ1v) is 4.88. The quantitative estimate of drug-likeness (QED) is 0.611. The fraction of sp³-hybridized carbons (Fsp3) is 1.00. The van der Waals surface area contributed by atoms with Gasteiger partial charge < -0.3 is 0 Å². The summed E-state index contributed by atoms with van der Waals surface area (Å²) < 4.78 is 0. The second-order valence-corrected chi connectivity index (χ2v) is 3.26. The molecule has 0 N–H and O–H groups in total. The predicted molar refractivity (Wildman–Crippen MR) is 48.3 cm³/mol. The highest BCUT2D eigenvalue weighted by molar-refractivity contribution is 4.65. The molecule has 0 aliphatic carbocycles. The smallest absolute Gasteiger partial charge is 0.0146 e. The molecule has 1 heterocycles. The Kier molecular flexibility index (Phi) is 3.87. The lowest BCUT2D eigenvalue weighted by Crippen LogP contribution is -2.37. The third-order valence-corrected chi connectivity index (χ3v) is 2.20. The number of hydrogen-bond donors (Lipinski definition) is 0. The molecule has 11 heavy (non-hydrogen) atoms. The zero-order valence-corrected chi connectivity index (χ0v) is 7.84. The second kappa shape index (κ2) is 4.73. The molecular formula is C9H20N2. The first-order chi connectivity index (χ1) is 5.38. The number of nitrogens with zero attached hydrogens (tertiary/aromatic N) is 2. The van der Waals surface area contributed by atoms with E-state index < -0.39 is 0 Å². The lowest BCUT2D eigenvalue weighted by atomic mass is 10.4. The normalized spacial score (nSPS) is 21.3. The Morgan fingerprint density at radius 1 is 0.909 bits per heavy atom. The molecule has 1 fully saturated rings. The predicted octanol–water partition coefficient (Wildman–Crippen LogP) is 1.73. The van der Waals surface area contributed by atoms with Crippen LogP contribution in [0.1, 0.15) is 33.1 Å². The van der Waals surface area contributed by atoms with Crippen molar-refractivity contribution in [1.29, 1.82) is 0 Å². The van der Waals surface area contributed by atoms with E-state index >= 15 is 0 Å². The van der Waals surface area contributed by atoms with Crippen molar-refractivity contribution >= 4 is 0 Å². The molecule has 0 radical (unpaired) electrons. The van der Waals surface area contributed by atoms with Crippen LogP contribution >= 0.6 is 0 Å². The van der Waals surface area contributed by atoms with Gasteiger partial charge in [-0.2, -0.15) is 0 Å². The fourth-order valence-corrected chi connectivity index (χ4v) is 1.74. The molecule has 0 aromatic heterocycles.